The van der Waals surface area contributed by atoms with Gasteiger partial charge in [-0.05, 0) is 74.9 Å². The van der Waals surface area contributed by atoms with Gasteiger partial charge in [-0.1, -0.05) is 6.92 Å². The Morgan fingerprint density at radius 1 is 1.17 bits per heavy atom. The molecule has 1 aromatic carbocycles. The van der Waals surface area contributed by atoms with Crippen molar-refractivity contribution in [3.05, 3.63) is 35.2 Å². The summed E-state index contributed by atoms with van der Waals surface area (Å²) in [6.07, 6.45) is 1.34. The van der Waals surface area contributed by atoms with E-state index < -0.39 is 18.0 Å². The highest BCUT2D eigenvalue weighted by Crippen LogP contribution is 2.40. The van der Waals surface area contributed by atoms with Gasteiger partial charge in [-0.3, -0.25) is 4.79 Å². The maximum absolute atomic E-state index is 13.4. The van der Waals surface area contributed by atoms with E-state index in [0.717, 1.165) is 23.3 Å². The molecule has 0 spiro atoms. The fraction of sp³-hybridized carbons (Fsp3) is 0.455. The van der Waals surface area contributed by atoms with Crippen LogP contribution >= 0.6 is 11.3 Å². The lowest BCUT2D eigenvalue weighted by molar-refractivity contribution is -0.128. The van der Waals surface area contributed by atoms with E-state index >= 15 is 0 Å². The number of rotatable bonds is 5. The lowest BCUT2D eigenvalue weighted by atomic mass is 9.80. The first-order valence-corrected chi connectivity index (χ1v) is 10.7. The lowest BCUT2D eigenvalue weighted by Crippen LogP contribution is -2.46. The van der Waals surface area contributed by atoms with Crippen LogP contribution in [0.4, 0.5) is 5.69 Å². The normalized spacial score (nSPS) is 21.9. The van der Waals surface area contributed by atoms with E-state index in [-0.39, 0.29) is 22.6 Å². The van der Waals surface area contributed by atoms with Gasteiger partial charge >= 0.3 is 5.97 Å². The van der Waals surface area contributed by atoms with Crippen LogP contribution in [0.1, 0.15) is 49.7 Å². The number of carboxylic acids is 1. The Bertz CT molecular complexity index is 889. The van der Waals surface area contributed by atoms with Crippen molar-refractivity contribution in [3.8, 4) is 16.2 Å². The van der Waals surface area contributed by atoms with Crippen LogP contribution in [-0.2, 0) is 4.79 Å². The van der Waals surface area contributed by atoms with Crippen LogP contribution in [0.2, 0.25) is 0 Å². The highest BCUT2D eigenvalue weighted by atomic mass is 32.1. The molecule has 6 nitrogen and oxygen atoms in total. The van der Waals surface area contributed by atoms with Crippen LogP contribution in [-0.4, -0.2) is 39.3 Å². The van der Waals surface area contributed by atoms with Crippen LogP contribution in [0.3, 0.4) is 0 Å². The molecule has 1 aliphatic rings. The zero-order valence-corrected chi connectivity index (χ0v) is 17.6. The molecule has 3 rings (SSSR count). The van der Waals surface area contributed by atoms with Gasteiger partial charge in [0.15, 0.2) is 0 Å². The zero-order chi connectivity index (χ0) is 21.3. The van der Waals surface area contributed by atoms with Gasteiger partial charge < -0.3 is 20.2 Å². The molecule has 1 aromatic heterocycles. The van der Waals surface area contributed by atoms with Gasteiger partial charge in [0.1, 0.15) is 10.6 Å². The van der Waals surface area contributed by atoms with E-state index in [4.69, 9.17) is 0 Å². The second kappa shape index (κ2) is 8.55. The predicted molar refractivity (Wildman–Crippen MR) is 114 cm³/mol. The van der Waals surface area contributed by atoms with Gasteiger partial charge in [-0.15, -0.1) is 11.3 Å². The van der Waals surface area contributed by atoms with Crippen LogP contribution in [0.15, 0.2) is 30.3 Å². The maximum atomic E-state index is 13.4. The van der Waals surface area contributed by atoms with E-state index in [1.165, 1.54) is 4.90 Å². The number of carbonyl (C=O) groups excluding carboxylic acids is 1. The third-order valence-electron chi connectivity index (χ3n) is 5.47. The van der Waals surface area contributed by atoms with E-state index in [1.807, 2.05) is 13.8 Å². The molecule has 1 fully saturated rings. The Hall–Kier alpha value is -2.38. The summed E-state index contributed by atoms with van der Waals surface area (Å²) in [4.78, 5) is 27.6. The summed E-state index contributed by atoms with van der Waals surface area (Å²) >= 11 is 1.10. The molecule has 0 bridgehead atoms. The zero-order valence-electron chi connectivity index (χ0n) is 16.8. The van der Waals surface area contributed by atoms with Crippen molar-refractivity contribution < 1.29 is 24.9 Å². The Kier molecular flexibility index (Phi) is 6.29. The highest BCUT2D eigenvalue weighted by Gasteiger charge is 2.38. The number of carboxylic acid groups (broad SMARTS) is 1. The molecule has 1 saturated carbocycles. The number of phenols is 1. The van der Waals surface area contributed by atoms with E-state index in [0.29, 0.717) is 29.3 Å². The van der Waals surface area contributed by atoms with Crippen LogP contribution in [0, 0.1) is 11.8 Å². The number of hydrogen-bond acceptors (Lipinski definition) is 5. The van der Waals surface area contributed by atoms with Crippen LogP contribution in [0.25, 0.3) is 10.4 Å². The first-order chi connectivity index (χ1) is 13.7. The quantitative estimate of drug-likeness (QED) is 0.672. The van der Waals surface area contributed by atoms with Crippen LogP contribution < -0.4 is 4.90 Å². The minimum absolute atomic E-state index is 0.0915. The molecular weight excluding hydrogens is 390 g/mol. The fourth-order valence-electron chi connectivity index (χ4n) is 3.95. The van der Waals surface area contributed by atoms with Gasteiger partial charge in [0, 0.05) is 10.9 Å². The van der Waals surface area contributed by atoms with Crippen LogP contribution in [0.5, 0.6) is 5.75 Å². The number of aromatic hydroxyl groups is 1. The number of carbonyl (C=O) groups is 2. The van der Waals surface area contributed by atoms with E-state index in [2.05, 4.69) is 6.92 Å². The van der Waals surface area contributed by atoms with Crippen molar-refractivity contribution in [1.82, 2.24) is 0 Å². The smallest absolute Gasteiger partial charge is 0.348 e. The Balaban J connectivity index is 2.01. The molecule has 2 aromatic rings. The molecule has 1 heterocycles. The number of aromatic carboxylic acids is 1. The predicted octanol–water partition coefficient (Wildman–Crippen LogP) is 4.36. The molecular formula is C22H27NO5S. The molecule has 1 aliphatic carbocycles. The lowest BCUT2D eigenvalue weighted by Gasteiger charge is -2.36. The Labute approximate surface area is 174 Å². The average Bonchev–Trinajstić information content (AvgIpc) is 3.07. The van der Waals surface area contributed by atoms with Gasteiger partial charge in [0.05, 0.1) is 17.7 Å². The monoisotopic (exact) mass is 417 g/mol. The minimum Gasteiger partial charge on any atom is -0.508 e. The average molecular weight is 418 g/mol. The standard InChI is InChI=1S/C22H27NO5S/c1-12(2)23(21(26)16-9-4-13(3)10-18(16)25)17-11-19(29-20(17)22(27)28)14-5-7-15(24)8-6-14/h5-8,11-13,16,18,24-25H,4,9-10H2,1-3H3,(H,27,28)/t13-,16-,18+/m0/s1. The Morgan fingerprint density at radius 3 is 2.38 bits per heavy atom. The minimum atomic E-state index is -1.09. The number of nitrogens with zero attached hydrogens (tertiary/aromatic N) is 1. The number of thiophene rings is 1. The summed E-state index contributed by atoms with van der Waals surface area (Å²) < 4.78 is 0. The van der Waals surface area contributed by atoms with E-state index in [9.17, 15) is 24.9 Å². The molecule has 0 aliphatic heterocycles. The Morgan fingerprint density at radius 2 is 1.83 bits per heavy atom. The van der Waals surface area contributed by atoms with Crippen molar-refractivity contribution >= 4 is 28.9 Å². The number of hydrogen-bond donors (Lipinski definition) is 3. The van der Waals surface area contributed by atoms with Crippen molar-refractivity contribution in [2.75, 3.05) is 4.90 Å². The third kappa shape index (κ3) is 4.46. The summed E-state index contributed by atoms with van der Waals surface area (Å²) in [5, 5.41) is 29.8. The van der Waals surface area contributed by atoms with E-state index in [1.54, 1.807) is 30.3 Å². The SMILES string of the molecule is CC(C)N(C(=O)[C@H]1CC[C@H](C)C[C@H]1O)c1cc(-c2ccc(O)cc2)sc1C(=O)O. The fourth-order valence-corrected chi connectivity index (χ4v) is 4.94. The summed E-state index contributed by atoms with van der Waals surface area (Å²) in [5.41, 5.74) is 1.13. The van der Waals surface area contributed by atoms with Gasteiger partial charge in [-0.25, -0.2) is 4.79 Å². The topological polar surface area (TPSA) is 98.1 Å². The number of aliphatic hydroxyl groups excluding tert-OH is 1. The van der Waals surface area contributed by atoms with Gasteiger partial charge in [0.25, 0.3) is 0 Å². The van der Waals surface area contributed by atoms with Crippen molar-refractivity contribution in [2.24, 2.45) is 11.8 Å². The number of phenolic OH excluding ortho intramolecular Hbond substituents is 1. The molecule has 0 unspecified atom stereocenters. The van der Waals surface area contributed by atoms with Crippen molar-refractivity contribution in [1.29, 1.82) is 0 Å². The number of amides is 1. The molecule has 7 heteroatoms. The summed E-state index contributed by atoms with van der Waals surface area (Å²) in [5.74, 6) is -1.34. The number of anilines is 1. The van der Waals surface area contributed by atoms with Crippen molar-refractivity contribution in [2.45, 2.75) is 52.2 Å². The summed E-state index contributed by atoms with van der Waals surface area (Å²) in [6.45, 7) is 5.76. The maximum Gasteiger partial charge on any atom is 0.348 e. The van der Waals surface area contributed by atoms with Gasteiger partial charge in [-0.2, -0.15) is 0 Å². The molecule has 1 amide bonds. The first-order valence-electron chi connectivity index (χ1n) is 9.86. The molecule has 3 atom stereocenters. The van der Waals surface area contributed by atoms with Crippen molar-refractivity contribution in [3.63, 3.8) is 0 Å². The molecule has 0 saturated heterocycles. The molecule has 29 heavy (non-hydrogen) atoms. The third-order valence-corrected chi connectivity index (χ3v) is 6.63. The van der Waals surface area contributed by atoms with Gasteiger partial charge in [0.2, 0.25) is 5.91 Å². The second-order valence-corrected chi connectivity index (χ2v) is 9.12. The summed E-state index contributed by atoms with van der Waals surface area (Å²) in [7, 11) is 0. The molecule has 0 radical (unpaired) electrons. The molecule has 156 valence electrons. The summed E-state index contributed by atoms with van der Waals surface area (Å²) in [6, 6.07) is 7.97. The largest absolute Gasteiger partial charge is 0.508 e. The second-order valence-electron chi connectivity index (χ2n) is 8.07. The first kappa shape index (κ1) is 21.3. The highest BCUT2D eigenvalue weighted by molar-refractivity contribution is 7.18. The molecule has 3 N–H and O–H groups in total. The number of aliphatic hydroxyl groups is 1. The number of benzene rings is 1.